The predicted molar refractivity (Wildman–Crippen MR) is 67.7 cm³/mol. The fraction of sp³-hybridized carbons (Fsp3) is 0.667. The first kappa shape index (κ1) is 13.6. The van der Waals surface area contributed by atoms with Crippen molar-refractivity contribution in [1.29, 1.82) is 0 Å². The molecule has 1 N–H and O–H groups in total. The number of nitrogens with one attached hydrogen (secondary N) is 1. The minimum Gasteiger partial charge on any atom is -0.353 e. The quantitative estimate of drug-likeness (QED) is 0.534. The second kappa shape index (κ2) is 8.70. The van der Waals surface area contributed by atoms with Crippen LogP contribution in [0.4, 0.5) is 0 Å². The summed E-state index contributed by atoms with van der Waals surface area (Å²) in [5.41, 5.74) is 1.34. The maximum absolute atomic E-state index is 5.46. The van der Waals surface area contributed by atoms with E-state index in [1.807, 2.05) is 13.8 Å². The smallest absolute Gasteiger partial charge is 0.158 e. The van der Waals surface area contributed by atoms with Gasteiger partial charge in [-0.2, -0.15) is 11.3 Å². The number of rotatable bonds is 9. The van der Waals surface area contributed by atoms with E-state index in [1.165, 1.54) is 5.56 Å². The molecule has 1 rings (SSSR count). The second-order valence-electron chi connectivity index (χ2n) is 3.44. The molecule has 1 aromatic heterocycles. The van der Waals surface area contributed by atoms with Crippen molar-refractivity contribution in [1.82, 2.24) is 5.32 Å². The third-order valence-corrected chi connectivity index (χ3v) is 2.90. The fourth-order valence-corrected chi connectivity index (χ4v) is 2.10. The highest BCUT2D eigenvalue weighted by Gasteiger charge is 2.06. The largest absolute Gasteiger partial charge is 0.353 e. The van der Waals surface area contributed by atoms with Gasteiger partial charge in [0.05, 0.1) is 0 Å². The van der Waals surface area contributed by atoms with E-state index in [0.29, 0.717) is 13.2 Å². The standard InChI is InChI=1S/C12H21NO2S/c1-3-14-12(15-4-2)5-7-13-9-11-6-8-16-10-11/h6,8,10,12-13H,3-5,7,9H2,1-2H3. The highest BCUT2D eigenvalue weighted by Crippen LogP contribution is 2.05. The Morgan fingerprint density at radius 3 is 2.62 bits per heavy atom. The summed E-state index contributed by atoms with van der Waals surface area (Å²) in [7, 11) is 0. The number of ether oxygens (including phenoxy) is 2. The lowest BCUT2D eigenvalue weighted by atomic mass is 10.3. The van der Waals surface area contributed by atoms with Gasteiger partial charge in [0.25, 0.3) is 0 Å². The fourth-order valence-electron chi connectivity index (χ4n) is 1.43. The molecular weight excluding hydrogens is 222 g/mol. The van der Waals surface area contributed by atoms with E-state index in [0.717, 1.165) is 19.5 Å². The molecule has 4 heteroatoms. The lowest BCUT2D eigenvalue weighted by molar-refractivity contribution is -0.138. The maximum Gasteiger partial charge on any atom is 0.158 e. The molecule has 0 amide bonds. The molecule has 92 valence electrons. The van der Waals surface area contributed by atoms with Crippen LogP contribution in [-0.2, 0) is 16.0 Å². The second-order valence-corrected chi connectivity index (χ2v) is 4.22. The molecule has 16 heavy (non-hydrogen) atoms. The highest BCUT2D eigenvalue weighted by atomic mass is 32.1. The van der Waals surface area contributed by atoms with E-state index >= 15 is 0 Å². The average molecular weight is 243 g/mol. The minimum absolute atomic E-state index is 0.0648. The van der Waals surface area contributed by atoms with Gasteiger partial charge < -0.3 is 14.8 Å². The average Bonchev–Trinajstić information content (AvgIpc) is 2.78. The molecule has 0 saturated heterocycles. The van der Waals surface area contributed by atoms with Gasteiger partial charge >= 0.3 is 0 Å². The van der Waals surface area contributed by atoms with Crippen molar-refractivity contribution >= 4 is 11.3 Å². The van der Waals surface area contributed by atoms with Crippen LogP contribution < -0.4 is 5.32 Å². The van der Waals surface area contributed by atoms with Gasteiger partial charge in [-0.15, -0.1) is 0 Å². The van der Waals surface area contributed by atoms with Crippen molar-refractivity contribution < 1.29 is 9.47 Å². The van der Waals surface area contributed by atoms with Crippen LogP contribution in [0.5, 0.6) is 0 Å². The van der Waals surface area contributed by atoms with E-state index in [1.54, 1.807) is 11.3 Å². The van der Waals surface area contributed by atoms with Crippen LogP contribution in [0, 0.1) is 0 Å². The number of hydrogen-bond acceptors (Lipinski definition) is 4. The van der Waals surface area contributed by atoms with Gasteiger partial charge in [0.1, 0.15) is 0 Å². The van der Waals surface area contributed by atoms with Crippen molar-refractivity contribution in [3.05, 3.63) is 22.4 Å². The van der Waals surface area contributed by atoms with Gasteiger partial charge in [-0.25, -0.2) is 0 Å². The van der Waals surface area contributed by atoms with Crippen molar-refractivity contribution in [2.45, 2.75) is 33.1 Å². The van der Waals surface area contributed by atoms with Crippen molar-refractivity contribution in [2.75, 3.05) is 19.8 Å². The summed E-state index contributed by atoms with van der Waals surface area (Å²) in [4.78, 5) is 0. The maximum atomic E-state index is 5.46. The van der Waals surface area contributed by atoms with E-state index < -0.39 is 0 Å². The summed E-state index contributed by atoms with van der Waals surface area (Å²) in [6.45, 7) is 7.23. The molecule has 0 radical (unpaired) electrons. The Morgan fingerprint density at radius 2 is 2.06 bits per heavy atom. The Morgan fingerprint density at radius 1 is 1.31 bits per heavy atom. The first-order valence-electron chi connectivity index (χ1n) is 5.81. The van der Waals surface area contributed by atoms with Gasteiger partial charge in [-0.3, -0.25) is 0 Å². The molecule has 1 aromatic rings. The number of thiophene rings is 1. The van der Waals surface area contributed by atoms with Crippen LogP contribution in [0.3, 0.4) is 0 Å². The summed E-state index contributed by atoms with van der Waals surface area (Å²) in [5.74, 6) is 0. The van der Waals surface area contributed by atoms with E-state index in [-0.39, 0.29) is 6.29 Å². The molecule has 0 aromatic carbocycles. The molecule has 0 atom stereocenters. The summed E-state index contributed by atoms with van der Waals surface area (Å²) < 4.78 is 10.9. The van der Waals surface area contributed by atoms with Gasteiger partial charge in [0, 0.05) is 32.7 Å². The Balaban J connectivity index is 2.08. The number of hydrogen-bond donors (Lipinski definition) is 1. The summed E-state index contributed by atoms with van der Waals surface area (Å²) >= 11 is 1.73. The molecule has 0 spiro atoms. The Kier molecular flexibility index (Phi) is 7.42. The van der Waals surface area contributed by atoms with Gasteiger partial charge in [0.15, 0.2) is 6.29 Å². The Hall–Kier alpha value is -0.420. The highest BCUT2D eigenvalue weighted by molar-refractivity contribution is 7.07. The SMILES string of the molecule is CCOC(CCNCc1ccsc1)OCC. The molecule has 0 fully saturated rings. The zero-order valence-electron chi connectivity index (χ0n) is 10.1. The normalized spacial score (nSPS) is 11.2. The summed E-state index contributed by atoms with van der Waals surface area (Å²) in [6, 6.07) is 2.14. The first-order valence-corrected chi connectivity index (χ1v) is 6.76. The van der Waals surface area contributed by atoms with Crippen LogP contribution in [0.1, 0.15) is 25.8 Å². The topological polar surface area (TPSA) is 30.5 Å². The third kappa shape index (κ3) is 5.61. The van der Waals surface area contributed by atoms with Crippen LogP contribution >= 0.6 is 11.3 Å². The summed E-state index contributed by atoms with van der Waals surface area (Å²) in [6.07, 6.45) is 0.830. The van der Waals surface area contributed by atoms with Gasteiger partial charge in [0.2, 0.25) is 0 Å². The predicted octanol–water partition coefficient (Wildman–Crippen LogP) is 2.63. The van der Waals surface area contributed by atoms with Crippen LogP contribution in [0.25, 0.3) is 0 Å². The lowest BCUT2D eigenvalue weighted by Gasteiger charge is -2.16. The van der Waals surface area contributed by atoms with Crippen LogP contribution in [-0.4, -0.2) is 26.0 Å². The molecule has 0 aliphatic heterocycles. The molecule has 0 unspecified atom stereocenters. The zero-order chi connectivity index (χ0) is 11.6. The van der Waals surface area contributed by atoms with Crippen molar-refractivity contribution in [2.24, 2.45) is 0 Å². The van der Waals surface area contributed by atoms with Gasteiger partial charge in [-0.1, -0.05) is 0 Å². The molecule has 0 aliphatic rings. The van der Waals surface area contributed by atoms with Crippen molar-refractivity contribution in [3.8, 4) is 0 Å². The molecule has 3 nitrogen and oxygen atoms in total. The third-order valence-electron chi connectivity index (χ3n) is 2.17. The van der Waals surface area contributed by atoms with E-state index in [9.17, 15) is 0 Å². The molecule has 0 aliphatic carbocycles. The lowest BCUT2D eigenvalue weighted by Crippen LogP contribution is -2.24. The van der Waals surface area contributed by atoms with Gasteiger partial charge in [-0.05, 0) is 36.2 Å². The van der Waals surface area contributed by atoms with Crippen LogP contribution in [0.2, 0.25) is 0 Å². The van der Waals surface area contributed by atoms with Crippen LogP contribution in [0.15, 0.2) is 16.8 Å². The van der Waals surface area contributed by atoms with E-state index in [2.05, 4.69) is 22.1 Å². The molecular formula is C12H21NO2S. The van der Waals surface area contributed by atoms with Crippen molar-refractivity contribution in [3.63, 3.8) is 0 Å². The Labute approximate surface area is 102 Å². The first-order chi connectivity index (χ1) is 7.86. The zero-order valence-corrected chi connectivity index (χ0v) is 10.9. The monoisotopic (exact) mass is 243 g/mol. The van der Waals surface area contributed by atoms with E-state index in [4.69, 9.17) is 9.47 Å². The molecule has 1 heterocycles. The molecule has 0 bridgehead atoms. The Bertz CT molecular complexity index is 246. The minimum atomic E-state index is -0.0648. The summed E-state index contributed by atoms with van der Waals surface area (Å²) in [5, 5.41) is 7.64. The molecule has 0 saturated carbocycles.